The Morgan fingerprint density at radius 3 is 2.54 bits per heavy atom. The van der Waals surface area contributed by atoms with Crippen LogP contribution < -0.4 is 4.90 Å². The first-order valence-electron chi connectivity index (χ1n) is 8.83. The maximum atomic E-state index is 13.1. The van der Waals surface area contributed by atoms with E-state index in [4.69, 9.17) is 16.6 Å². The molecule has 2 heterocycles. The fourth-order valence-corrected chi connectivity index (χ4v) is 5.44. The number of anilines is 1. The van der Waals surface area contributed by atoms with Gasteiger partial charge in [-0.2, -0.15) is 0 Å². The lowest BCUT2D eigenvalue weighted by Crippen LogP contribution is -2.39. The number of amides is 1. The van der Waals surface area contributed by atoms with Crippen LogP contribution in [0.4, 0.5) is 5.13 Å². The van der Waals surface area contributed by atoms with Crippen molar-refractivity contribution >= 4 is 83.9 Å². The fourth-order valence-electron chi connectivity index (χ4n) is 2.80. The average molecular weight is 523 g/mol. The van der Waals surface area contributed by atoms with Crippen molar-refractivity contribution in [2.45, 2.75) is 20.3 Å². The van der Waals surface area contributed by atoms with Crippen LogP contribution in [0.1, 0.15) is 18.7 Å². The van der Waals surface area contributed by atoms with E-state index in [1.165, 1.54) is 11.3 Å². The van der Waals surface area contributed by atoms with E-state index in [1.54, 1.807) is 11.3 Å². The van der Waals surface area contributed by atoms with Gasteiger partial charge in [-0.15, -0.1) is 23.7 Å². The van der Waals surface area contributed by atoms with Crippen LogP contribution in [0, 0.1) is 0 Å². The minimum Gasteiger partial charge on any atom is -0.302 e. The largest absolute Gasteiger partial charge is 0.302 e. The highest BCUT2D eigenvalue weighted by atomic mass is 79.9. The summed E-state index contributed by atoms with van der Waals surface area (Å²) in [5.41, 5.74) is 0.915. The van der Waals surface area contributed by atoms with Gasteiger partial charge in [0.05, 0.1) is 21.0 Å². The highest BCUT2D eigenvalue weighted by Gasteiger charge is 2.21. The summed E-state index contributed by atoms with van der Waals surface area (Å²) in [4.78, 5) is 22.9. The van der Waals surface area contributed by atoms with E-state index in [1.807, 2.05) is 35.2 Å². The van der Waals surface area contributed by atoms with Gasteiger partial charge < -0.3 is 4.90 Å². The van der Waals surface area contributed by atoms with Crippen LogP contribution in [-0.2, 0) is 11.2 Å². The third-order valence-electron chi connectivity index (χ3n) is 4.36. The molecule has 4 nitrogen and oxygen atoms in total. The summed E-state index contributed by atoms with van der Waals surface area (Å²) in [6, 6.07) is 9.75. The molecule has 9 heteroatoms. The molecule has 0 aliphatic carbocycles. The molecule has 28 heavy (non-hydrogen) atoms. The smallest absolute Gasteiger partial charge is 0.234 e. The SMILES string of the molecule is CCN(CC)CCN(C(=O)Cc1ccc(Cl)s1)c1nc2ccc(Br)cc2s1.Cl. The van der Waals surface area contributed by atoms with Gasteiger partial charge in [0.1, 0.15) is 0 Å². The number of benzene rings is 1. The van der Waals surface area contributed by atoms with Gasteiger partial charge in [0, 0.05) is 22.4 Å². The van der Waals surface area contributed by atoms with Crippen molar-refractivity contribution < 1.29 is 4.79 Å². The number of rotatable bonds is 8. The molecule has 1 aromatic carbocycles. The van der Waals surface area contributed by atoms with Crippen molar-refractivity contribution in [2.75, 3.05) is 31.1 Å². The van der Waals surface area contributed by atoms with Crippen LogP contribution >= 0.6 is 62.6 Å². The van der Waals surface area contributed by atoms with Gasteiger partial charge in [-0.3, -0.25) is 9.69 Å². The van der Waals surface area contributed by atoms with Gasteiger partial charge in [0.2, 0.25) is 5.91 Å². The molecule has 1 amide bonds. The number of nitrogens with zero attached hydrogens (tertiary/aromatic N) is 3. The molecule has 0 unspecified atom stereocenters. The predicted molar refractivity (Wildman–Crippen MR) is 128 cm³/mol. The van der Waals surface area contributed by atoms with Gasteiger partial charge in [-0.05, 0) is 43.4 Å². The minimum absolute atomic E-state index is 0. The first-order chi connectivity index (χ1) is 13.0. The Kier molecular flexibility index (Phi) is 9.18. The van der Waals surface area contributed by atoms with Crippen LogP contribution in [0.15, 0.2) is 34.8 Å². The summed E-state index contributed by atoms with van der Waals surface area (Å²) in [5, 5.41) is 0.753. The third kappa shape index (κ3) is 5.90. The first-order valence-corrected chi connectivity index (χ1v) is 11.6. The summed E-state index contributed by atoms with van der Waals surface area (Å²) >= 11 is 12.5. The molecular weight excluding hydrogens is 501 g/mol. The number of carbonyl (C=O) groups excluding carboxylic acids is 1. The summed E-state index contributed by atoms with van der Waals surface area (Å²) in [6.07, 6.45) is 0.343. The van der Waals surface area contributed by atoms with Crippen LogP contribution in [0.5, 0.6) is 0 Å². The number of thiazole rings is 1. The number of aromatic nitrogens is 1. The third-order valence-corrected chi connectivity index (χ3v) is 7.13. The van der Waals surface area contributed by atoms with E-state index in [-0.39, 0.29) is 18.3 Å². The van der Waals surface area contributed by atoms with Gasteiger partial charge in [0.25, 0.3) is 0 Å². The topological polar surface area (TPSA) is 36.4 Å². The lowest BCUT2D eigenvalue weighted by atomic mass is 10.3. The van der Waals surface area contributed by atoms with Crippen molar-refractivity contribution in [1.29, 1.82) is 0 Å². The second kappa shape index (κ2) is 10.9. The number of halogens is 3. The number of likely N-dealkylation sites (N-methyl/N-ethyl adjacent to an activating group) is 1. The number of hydrogen-bond acceptors (Lipinski definition) is 5. The molecule has 0 bridgehead atoms. The molecule has 152 valence electrons. The van der Waals surface area contributed by atoms with Crippen LogP contribution in [0.2, 0.25) is 4.34 Å². The maximum Gasteiger partial charge on any atom is 0.234 e. The van der Waals surface area contributed by atoms with Crippen molar-refractivity contribution in [3.63, 3.8) is 0 Å². The molecule has 0 N–H and O–H groups in total. The first kappa shape index (κ1) is 23.6. The molecule has 0 saturated heterocycles. The molecular formula is C19H22BrCl2N3OS2. The van der Waals surface area contributed by atoms with E-state index in [2.05, 4.69) is 34.7 Å². The Morgan fingerprint density at radius 2 is 1.89 bits per heavy atom. The summed E-state index contributed by atoms with van der Waals surface area (Å²) in [6.45, 7) is 7.65. The van der Waals surface area contributed by atoms with Crippen LogP contribution in [-0.4, -0.2) is 42.0 Å². The van der Waals surface area contributed by atoms with Gasteiger partial charge in [0.15, 0.2) is 5.13 Å². The van der Waals surface area contributed by atoms with Gasteiger partial charge in [-0.1, -0.05) is 52.7 Å². The summed E-state index contributed by atoms with van der Waals surface area (Å²) in [5.74, 6) is 0.0544. The van der Waals surface area contributed by atoms with Crippen LogP contribution in [0.3, 0.4) is 0 Å². The molecule has 2 aromatic heterocycles. The molecule has 3 rings (SSSR count). The second-order valence-electron chi connectivity index (χ2n) is 6.06. The Labute approximate surface area is 193 Å². The summed E-state index contributed by atoms with van der Waals surface area (Å²) in [7, 11) is 0. The molecule has 0 atom stereocenters. The number of hydrogen-bond donors (Lipinski definition) is 0. The number of carbonyl (C=O) groups is 1. The monoisotopic (exact) mass is 521 g/mol. The van der Waals surface area contributed by atoms with E-state index < -0.39 is 0 Å². The van der Waals surface area contributed by atoms with Crippen molar-refractivity contribution in [3.8, 4) is 0 Å². The van der Waals surface area contributed by atoms with E-state index in [0.29, 0.717) is 17.3 Å². The Hall–Kier alpha value is -0.700. The number of fused-ring (bicyclic) bond motifs is 1. The van der Waals surface area contributed by atoms with E-state index in [0.717, 1.165) is 44.3 Å². The zero-order valence-electron chi connectivity index (χ0n) is 15.7. The van der Waals surface area contributed by atoms with Crippen molar-refractivity contribution in [3.05, 3.63) is 44.0 Å². The standard InChI is InChI=1S/C19H21BrClN3OS2.ClH/c1-3-23(4-2)9-10-24(18(25)12-14-6-8-17(21)26-14)19-22-15-7-5-13(20)11-16(15)27-19;/h5-8,11H,3-4,9-10,12H2,1-2H3;1H. The zero-order chi connectivity index (χ0) is 19.4. The Bertz CT molecular complexity index is 927. The number of thiophene rings is 1. The quantitative estimate of drug-likeness (QED) is 0.358. The minimum atomic E-state index is 0. The van der Waals surface area contributed by atoms with Gasteiger partial charge in [-0.25, -0.2) is 4.98 Å². The Balaban J connectivity index is 0.00000280. The fraction of sp³-hybridized carbons (Fsp3) is 0.368. The molecule has 0 aliphatic rings. The molecule has 0 fully saturated rings. The lowest BCUT2D eigenvalue weighted by molar-refractivity contribution is -0.118. The average Bonchev–Trinajstić information content (AvgIpc) is 3.24. The molecule has 0 radical (unpaired) electrons. The second-order valence-corrected chi connectivity index (χ2v) is 9.79. The predicted octanol–water partition coefficient (Wildman–Crippen LogP) is 6.11. The van der Waals surface area contributed by atoms with E-state index >= 15 is 0 Å². The lowest BCUT2D eigenvalue weighted by Gasteiger charge is -2.24. The van der Waals surface area contributed by atoms with Crippen molar-refractivity contribution in [2.24, 2.45) is 0 Å². The highest BCUT2D eigenvalue weighted by Crippen LogP contribution is 2.31. The normalized spacial score (nSPS) is 11.0. The van der Waals surface area contributed by atoms with Gasteiger partial charge >= 0.3 is 0 Å². The van der Waals surface area contributed by atoms with E-state index in [9.17, 15) is 4.79 Å². The molecule has 0 aliphatic heterocycles. The Morgan fingerprint density at radius 1 is 1.14 bits per heavy atom. The molecule has 3 aromatic rings. The maximum absolute atomic E-state index is 13.1. The highest BCUT2D eigenvalue weighted by molar-refractivity contribution is 9.10. The molecule has 0 spiro atoms. The zero-order valence-corrected chi connectivity index (χ0v) is 20.4. The summed E-state index contributed by atoms with van der Waals surface area (Å²) < 4.78 is 2.79. The van der Waals surface area contributed by atoms with Crippen LogP contribution in [0.25, 0.3) is 10.2 Å². The molecule has 0 saturated carbocycles. The van der Waals surface area contributed by atoms with Crippen molar-refractivity contribution in [1.82, 2.24) is 9.88 Å².